The number of nitrogens with one attached hydrogen (secondary N) is 1. The molecule has 166 valence electrons. The van der Waals surface area contributed by atoms with Crippen LogP contribution < -0.4 is 11.0 Å². The lowest BCUT2D eigenvalue weighted by atomic mass is 10.1. The normalized spacial score (nSPS) is 18.2. The van der Waals surface area contributed by atoms with Crippen LogP contribution in [0.2, 0.25) is 10.0 Å². The average molecular weight is 483 g/mol. The third kappa shape index (κ3) is 4.06. The van der Waals surface area contributed by atoms with Crippen molar-refractivity contribution in [1.82, 2.24) is 19.1 Å². The van der Waals surface area contributed by atoms with Gasteiger partial charge in [-0.3, -0.25) is 9.13 Å². The molecule has 0 amide bonds. The number of imidazole rings is 1. The molecule has 1 N–H and O–H groups in total. The summed E-state index contributed by atoms with van der Waals surface area (Å²) < 4.78 is 3.61. The van der Waals surface area contributed by atoms with Crippen LogP contribution in [0, 0.1) is 0 Å². The van der Waals surface area contributed by atoms with Crippen LogP contribution in [-0.4, -0.2) is 25.1 Å². The van der Waals surface area contributed by atoms with Gasteiger partial charge in [0.1, 0.15) is 17.3 Å². The Bertz CT molecular complexity index is 1120. The quantitative estimate of drug-likeness (QED) is 0.530. The van der Waals surface area contributed by atoms with Crippen molar-refractivity contribution in [3.63, 3.8) is 0 Å². The third-order valence-electron chi connectivity index (χ3n) is 6.26. The van der Waals surface area contributed by atoms with Gasteiger partial charge in [-0.2, -0.15) is 0 Å². The molecule has 1 aromatic rings. The van der Waals surface area contributed by atoms with Gasteiger partial charge in [0.05, 0.1) is 0 Å². The van der Waals surface area contributed by atoms with E-state index in [1.165, 1.54) is 12.8 Å². The molecule has 6 nitrogen and oxygen atoms in total. The number of halogens is 3. The Kier molecular flexibility index (Phi) is 6.52. The second-order valence-corrected chi connectivity index (χ2v) is 9.25. The summed E-state index contributed by atoms with van der Waals surface area (Å²) in [4.78, 5) is 23.1. The highest BCUT2D eigenvalue weighted by atomic mass is 35.5. The van der Waals surface area contributed by atoms with E-state index < -0.39 is 0 Å². The zero-order valence-corrected chi connectivity index (χ0v) is 19.7. The summed E-state index contributed by atoms with van der Waals surface area (Å²) in [5.41, 5.74) is 1.76. The zero-order chi connectivity index (χ0) is 20.8. The predicted molar refractivity (Wildman–Crippen MR) is 127 cm³/mol. The Morgan fingerprint density at radius 1 is 1.19 bits per heavy atom. The van der Waals surface area contributed by atoms with Crippen molar-refractivity contribution in [1.29, 1.82) is 0 Å². The lowest BCUT2D eigenvalue weighted by molar-refractivity contribution is 0.560. The maximum atomic E-state index is 13.3. The third-order valence-corrected chi connectivity index (χ3v) is 6.86. The molecule has 1 unspecified atom stereocenters. The first-order valence-electron chi connectivity index (χ1n) is 10.8. The minimum absolute atomic E-state index is 0. The lowest BCUT2D eigenvalue weighted by Gasteiger charge is -2.13. The summed E-state index contributed by atoms with van der Waals surface area (Å²) in [7, 11) is 0. The molecule has 0 saturated heterocycles. The molecule has 9 heteroatoms. The van der Waals surface area contributed by atoms with Crippen LogP contribution in [0.5, 0.6) is 0 Å². The number of anilines is 1. The molecule has 0 spiro atoms. The van der Waals surface area contributed by atoms with Crippen molar-refractivity contribution in [2.24, 2.45) is 0 Å². The summed E-state index contributed by atoms with van der Waals surface area (Å²) >= 11 is 12.5. The Balaban J connectivity index is 0.00000231. The van der Waals surface area contributed by atoms with E-state index in [1.54, 1.807) is 10.6 Å². The van der Waals surface area contributed by atoms with Gasteiger partial charge in [-0.15, -0.1) is 12.4 Å². The van der Waals surface area contributed by atoms with Gasteiger partial charge >= 0.3 is 5.69 Å². The van der Waals surface area contributed by atoms with Crippen LogP contribution in [0.25, 0.3) is 11.5 Å². The monoisotopic (exact) mass is 481 g/mol. The number of benzene rings is 1. The molecule has 31 heavy (non-hydrogen) atoms. The summed E-state index contributed by atoms with van der Waals surface area (Å²) in [6, 6.07) is 5.54. The van der Waals surface area contributed by atoms with E-state index in [9.17, 15) is 4.79 Å². The van der Waals surface area contributed by atoms with E-state index in [2.05, 4.69) is 12.2 Å². The van der Waals surface area contributed by atoms with Gasteiger partial charge in [-0.05, 0) is 49.4 Å². The van der Waals surface area contributed by atoms with Gasteiger partial charge in [0.2, 0.25) is 0 Å². The number of aromatic nitrogens is 4. The van der Waals surface area contributed by atoms with Crippen LogP contribution in [0.3, 0.4) is 0 Å². The Morgan fingerprint density at radius 2 is 1.97 bits per heavy atom. The summed E-state index contributed by atoms with van der Waals surface area (Å²) in [5, 5.41) is 4.88. The SMILES string of the molecule is CCCn1c2nc(C3CCCC3)nc-2c2n(c1=O)CC(Cc1cc(Cl)ccc1Cl)N2.Cl. The summed E-state index contributed by atoms with van der Waals surface area (Å²) in [5.74, 6) is 2.79. The molecular formula is C22H26Cl3N5O. The molecule has 1 aromatic carbocycles. The first kappa shape index (κ1) is 22.4. The second-order valence-electron chi connectivity index (χ2n) is 8.41. The number of nitrogens with zero attached hydrogens (tertiary/aromatic N) is 4. The van der Waals surface area contributed by atoms with Crippen molar-refractivity contribution in [2.75, 3.05) is 5.32 Å². The Morgan fingerprint density at radius 3 is 2.71 bits per heavy atom. The summed E-state index contributed by atoms with van der Waals surface area (Å²) in [6.07, 6.45) is 6.27. The van der Waals surface area contributed by atoms with E-state index >= 15 is 0 Å². The molecule has 3 aliphatic heterocycles. The van der Waals surface area contributed by atoms with Crippen LogP contribution in [-0.2, 0) is 19.5 Å². The predicted octanol–water partition coefficient (Wildman–Crippen LogP) is 5.38. The average Bonchev–Trinajstić information content (AvgIpc) is 3.46. The van der Waals surface area contributed by atoms with Gasteiger partial charge in [0.15, 0.2) is 5.82 Å². The molecule has 1 fully saturated rings. The van der Waals surface area contributed by atoms with E-state index in [1.807, 2.05) is 16.7 Å². The van der Waals surface area contributed by atoms with Crippen molar-refractivity contribution in [3.05, 3.63) is 50.1 Å². The maximum absolute atomic E-state index is 13.3. The molecule has 0 bridgehead atoms. The van der Waals surface area contributed by atoms with Gasteiger partial charge in [-0.25, -0.2) is 14.8 Å². The topological polar surface area (TPSA) is 64.7 Å². The van der Waals surface area contributed by atoms with Gasteiger partial charge in [0, 0.05) is 35.1 Å². The summed E-state index contributed by atoms with van der Waals surface area (Å²) in [6.45, 7) is 3.29. The minimum Gasteiger partial charge on any atom is -0.365 e. The smallest absolute Gasteiger partial charge is 0.331 e. The number of hydrogen-bond donors (Lipinski definition) is 1. The van der Waals surface area contributed by atoms with E-state index in [0.29, 0.717) is 41.3 Å². The largest absolute Gasteiger partial charge is 0.365 e. The molecule has 1 saturated carbocycles. The van der Waals surface area contributed by atoms with Crippen molar-refractivity contribution >= 4 is 41.4 Å². The molecule has 5 rings (SSSR count). The van der Waals surface area contributed by atoms with E-state index in [0.717, 1.165) is 42.2 Å². The molecular weight excluding hydrogens is 457 g/mol. The van der Waals surface area contributed by atoms with Gasteiger partial charge in [0.25, 0.3) is 0 Å². The molecule has 4 aliphatic rings. The maximum Gasteiger partial charge on any atom is 0.331 e. The van der Waals surface area contributed by atoms with Crippen LogP contribution in [0.15, 0.2) is 23.0 Å². The van der Waals surface area contributed by atoms with Gasteiger partial charge < -0.3 is 5.32 Å². The van der Waals surface area contributed by atoms with Crippen molar-refractivity contribution in [2.45, 2.75) is 70.5 Å². The highest BCUT2D eigenvalue weighted by Crippen LogP contribution is 2.37. The lowest BCUT2D eigenvalue weighted by Crippen LogP contribution is -2.32. The fourth-order valence-electron chi connectivity index (χ4n) is 4.81. The molecule has 0 aromatic heterocycles. The fraction of sp³-hybridized carbons (Fsp3) is 0.500. The molecule has 1 atom stereocenters. The highest BCUT2D eigenvalue weighted by Gasteiger charge is 2.33. The Hall–Kier alpha value is -1.76. The van der Waals surface area contributed by atoms with Crippen LogP contribution in [0.1, 0.15) is 56.3 Å². The molecule has 3 heterocycles. The Labute approximate surface area is 197 Å². The number of hydrogen-bond acceptors (Lipinski definition) is 4. The van der Waals surface area contributed by atoms with Crippen LogP contribution >= 0.6 is 35.6 Å². The number of rotatable bonds is 5. The van der Waals surface area contributed by atoms with Gasteiger partial charge in [-0.1, -0.05) is 43.0 Å². The second kappa shape index (κ2) is 9.00. The van der Waals surface area contributed by atoms with Crippen LogP contribution in [0.4, 0.5) is 5.82 Å². The first-order chi connectivity index (χ1) is 14.5. The minimum atomic E-state index is -0.0237. The standard InChI is InChI=1S/C22H25Cl2N5O.ClH/c1-2-9-28-21-18(26-19(27-21)13-5-3-4-6-13)20-25-16(12-29(20)22(28)30)11-14-10-15(23)7-8-17(14)24;/h7-8,10,13,16,25H,2-6,9,11-12H2,1H3;1H. The first-order valence-corrected chi connectivity index (χ1v) is 11.5. The van der Waals surface area contributed by atoms with E-state index in [-0.39, 0.29) is 24.1 Å². The number of fused-ring (bicyclic) bond motifs is 3. The highest BCUT2D eigenvalue weighted by molar-refractivity contribution is 6.33. The molecule has 1 aliphatic carbocycles. The van der Waals surface area contributed by atoms with E-state index in [4.69, 9.17) is 33.2 Å². The van der Waals surface area contributed by atoms with Crippen molar-refractivity contribution in [3.8, 4) is 11.5 Å². The molecule has 0 radical (unpaired) electrons. The fourth-order valence-corrected chi connectivity index (χ4v) is 5.19. The van der Waals surface area contributed by atoms with Crippen molar-refractivity contribution < 1.29 is 0 Å². The zero-order valence-electron chi connectivity index (χ0n) is 17.4.